The molecule has 0 radical (unpaired) electrons. The van der Waals surface area contributed by atoms with Gasteiger partial charge in [-0.2, -0.15) is 10.5 Å². The van der Waals surface area contributed by atoms with Crippen LogP contribution in [0.15, 0.2) is 68.7 Å². The number of rotatable bonds is 16. The Hall–Kier alpha value is -5.58. The highest BCUT2D eigenvalue weighted by molar-refractivity contribution is 8.24. The van der Waals surface area contributed by atoms with E-state index < -0.39 is 47.8 Å². The topological polar surface area (TPSA) is 205 Å². The van der Waals surface area contributed by atoms with E-state index in [2.05, 4.69) is 13.5 Å². The summed E-state index contributed by atoms with van der Waals surface area (Å²) in [7, 11) is 0. The molecule has 1 atom stereocenters. The molecule has 0 bridgehead atoms. The summed E-state index contributed by atoms with van der Waals surface area (Å²) in [5.41, 5.74) is 0.741. The lowest BCUT2D eigenvalue weighted by Crippen LogP contribution is -2.30. The lowest BCUT2D eigenvalue weighted by Gasteiger charge is -2.26. The first-order chi connectivity index (χ1) is 28.9. The number of thioether (sulfide) groups is 2. The van der Waals surface area contributed by atoms with Crippen molar-refractivity contribution in [2.45, 2.75) is 100 Å². The van der Waals surface area contributed by atoms with Crippen molar-refractivity contribution in [2.24, 2.45) is 23.7 Å². The molecule has 3 aliphatic rings. The Morgan fingerprint density at radius 2 is 1.23 bits per heavy atom. The van der Waals surface area contributed by atoms with Crippen LogP contribution in [0.1, 0.15) is 83.6 Å². The van der Waals surface area contributed by atoms with Gasteiger partial charge in [0, 0.05) is 12.5 Å². The van der Waals surface area contributed by atoms with Gasteiger partial charge in [0.2, 0.25) is 0 Å². The van der Waals surface area contributed by atoms with E-state index in [-0.39, 0.29) is 49.3 Å². The molecule has 1 unspecified atom stereocenters. The molecule has 2 fully saturated rings. The summed E-state index contributed by atoms with van der Waals surface area (Å²) in [6, 6.07) is 13.8. The molecule has 60 heavy (non-hydrogen) atoms. The molecule has 5 rings (SSSR count). The van der Waals surface area contributed by atoms with E-state index in [4.69, 9.17) is 28.4 Å². The van der Waals surface area contributed by atoms with Gasteiger partial charge in [-0.15, -0.1) is 0 Å². The van der Waals surface area contributed by atoms with Gasteiger partial charge in [0.05, 0.1) is 51.2 Å². The first-order valence-corrected chi connectivity index (χ1v) is 21.5. The van der Waals surface area contributed by atoms with Crippen LogP contribution in [-0.4, -0.2) is 55.1 Å². The van der Waals surface area contributed by atoms with E-state index in [1.165, 1.54) is 0 Å². The number of hydrogen-bond donors (Lipinski definition) is 0. The highest BCUT2D eigenvalue weighted by Crippen LogP contribution is 2.59. The van der Waals surface area contributed by atoms with Crippen LogP contribution in [0, 0.1) is 46.3 Å². The molecular weight excluding hydrogens is 813 g/mol. The lowest BCUT2D eigenvalue weighted by molar-refractivity contribution is -0.157. The highest BCUT2D eigenvalue weighted by atomic mass is 32.2. The van der Waals surface area contributed by atoms with Crippen molar-refractivity contribution in [3.05, 3.63) is 64.4 Å². The Balaban J connectivity index is 1.05. The van der Waals surface area contributed by atoms with Gasteiger partial charge in [-0.25, -0.2) is 4.79 Å². The number of nitrogens with zero attached hydrogens (tertiary/aromatic N) is 2. The number of benzene rings is 2. The molecule has 0 aromatic heterocycles. The van der Waals surface area contributed by atoms with Crippen molar-refractivity contribution in [3.8, 4) is 29.4 Å². The Morgan fingerprint density at radius 3 is 1.75 bits per heavy atom. The zero-order valence-corrected chi connectivity index (χ0v) is 35.1. The molecule has 1 heterocycles. The fourth-order valence-electron chi connectivity index (χ4n) is 6.81. The number of fused-ring (bicyclic) bond motifs is 1. The molecule has 0 amide bonds. The maximum Gasteiger partial charge on any atom is 0.330 e. The molecule has 2 aromatic carbocycles. The second-order valence-corrected chi connectivity index (χ2v) is 17.1. The van der Waals surface area contributed by atoms with Crippen LogP contribution in [0.4, 0.5) is 0 Å². The number of nitriles is 2. The normalized spacial score (nSPS) is 19.8. The number of ether oxygens (including phenoxy) is 6. The van der Waals surface area contributed by atoms with E-state index >= 15 is 0 Å². The highest BCUT2D eigenvalue weighted by Gasteiger charge is 2.35. The number of hydrogen-bond acceptors (Lipinski definition) is 16. The Labute approximate surface area is 356 Å². The van der Waals surface area contributed by atoms with Crippen molar-refractivity contribution >= 4 is 59.3 Å². The number of allylic oxidation sites excluding steroid dienone is 1. The number of carbonyl (C=O) groups excluding carboxylic acids is 6. The Morgan fingerprint density at radius 1 is 0.733 bits per heavy atom. The van der Waals surface area contributed by atoms with Crippen LogP contribution in [0.25, 0.3) is 0 Å². The maximum absolute atomic E-state index is 13.4. The molecule has 0 N–H and O–H groups in total. The largest absolute Gasteiger partial charge is 0.465 e. The van der Waals surface area contributed by atoms with E-state index in [9.17, 15) is 39.3 Å². The van der Waals surface area contributed by atoms with Gasteiger partial charge in [-0.05, 0) is 94.0 Å². The first-order valence-electron chi connectivity index (χ1n) is 19.8. The molecule has 14 nitrogen and oxygen atoms in total. The number of esters is 6. The van der Waals surface area contributed by atoms with E-state index in [0.29, 0.717) is 63.5 Å². The fraction of sp³-hybridized carbons (Fsp3) is 0.455. The number of carbonyl (C=O) groups is 6. The maximum atomic E-state index is 13.4. The molecule has 2 aliphatic carbocycles. The second kappa shape index (κ2) is 22.1. The predicted octanol–water partition coefficient (Wildman–Crippen LogP) is 7.72. The van der Waals surface area contributed by atoms with Crippen LogP contribution in [0.3, 0.4) is 0 Å². The SMILES string of the molecule is C=CC(=O)OCC(C)OC(=O)CCC(=O)OCCc1ccc(OC(=O)[C@H]2CC[C@H](C(=O)Oc3ccc(OC(=O)[C@H]4CC[C@H](C)CC4)c4c3SC(=C(C#N)C#N)S4)CC2)cc1. The summed E-state index contributed by atoms with van der Waals surface area (Å²) in [5.74, 6) is -2.65. The second-order valence-electron chi connectivity index (χ2n) is 14.8. The van der Waals surface area contributed by atoms with Gasteiger partial charge >= 0.3 is 35.8 Å². The smallest absolute Gasteiger partial charge is 0.330 e. The molecule has 0 spiro atoms. The van der Waals surface area contributed by atoms with Crippen LogP contribution >= 0.6 is 23.5 Å². The molecule has 0 saturated heterocycles. The van der Waals surface area contributed by atoms with Crippen LogP contribution < -0.4 is 14.2 Å². The van der Waals surface area contributed by atoms with Gasteiger partial charge in [-0.3, -0.25) is 24.0 Å². The third-order valence-electron chi connectivity index (χ3n) is 10.3. The monoisotopic (exact) mass is 858 g/mol. The quantitative estimate of drug-likeness (QED) is 0.0521. The zero-order chi connectivity index (χ0) is 43.2. The first kappa shape index (κ1) is 45.5. The summed E-state index contributed by atoms with van der Waals surface area (Å²) in [6.45, 7) is 6.96. The van der Waals surface area contributed by atoms with Gasteiger partial charge in [0.25, 0.3) is 0 Å². The summed E-state index contributed by atoms with van der Waals surface area (Å²) >= 11 is 2.26. The summed E-state index contributed by atoms with van der Waals surface area (Å²) < 4.78 is 32.9. The van der Waals surface area contributed by atoms with Crippen LogP contribution in [0.5, 0.6) is 17.2 Å². The van der Waals surface area contributed by atoms with Gasteiger partial charge in [0.1, 0.15) is 47.7 Å². The summed E-state index contributed by atoms with van der Waals surface area (Å²) in [4.78, 5) is 75.7. The average molecular weight is 859 g/mol. The average Bonchev–Trinajstić information content (AvgIpc) is 3.70. The molecule has 16 heteroatoms. The molecule has 1 aliphatic heterocycles. The molecule has 316 valence electrons. The van der Waals surface area contributed by atoms with Crippen molar-refractivity contribution in [1.82, 2.24) is 0 Å². The minimum atomic E-state index is -0.676. The van der Waals surface area contributed by atoms with Crippen LogP contribution in [-0.2, 0) is 49.4 Å². The van der Waals surface area contributed by atoms with Gasteiger partial charge in [0.15, 0.2) is 0 Å². The van der Waals surface area contributed by atoms with E-state index in [1.54, 1.807) is 43.3 Å². The summed E-state index contributed by atoms with van der Waals surface area (Å²) in [5, 5.41) is 19.1. The Bertz CT molecular complexity index is 2050. The zero-order valence-electron chi connectivity index (χ0n) is 33.4. The van der Waals surface area contributed by atoms with Crippen molar-refractivity contribution in [3.63, 3.8) is 0 Å². The fourth-order valence-corrected chi connectivity index (χ4v) is 9.29. The van der Waals surface area contributed by atoms with E-state index in [0.717, 1.165) is 60.8 Å². The predicted molar refractivity (Wildman–Crippen MR) is 217 cm³/mol. The van der Waals surface area contributed by atoms with Crippen LogP contribution in [0.2, 0.25) is 0 Å². The minimum absolute atomic E-state index is 0.0783. The van der Waals surface area contributed by atoms with Crippen molar-refractivity contribution in [1.29, 1.82) is 10.5 Å². The van der Waals surface area contributed by atoms with Gasteiger partial charge < -0.3 is 28.4 Å². The van der Waals surface area contributed by atoms with Gasteiger partial charge in [-0.1, -0.05) is 49.2 Å². The van der Waals surface area contributed by atoms with Crippen molar-refractivity contribution < 1.29 is 57.2 Å². The Kier molecular flexibility index (Phi) is 16.8. The lowest BCUT2D eigenvalue weighted by atomic mass is 9.82. The minimum Gasteiger partial charge on any atom is -0.465 e. The third kappa shape index (κ3) is 13.0. The molecule has 2 aromatic rings. The summed E-state index contributed by atoms with van der Waals surface area (Å²) in [6.07, 6.45) is 5.42. The molecule has 2 saturated carbocycles. The van der Waals surface area contributed by atoms with E-state index in [1.807, 2.05) is 12.1 Å². The standard InChI is InChI=1S/C44H46N2O12S2/c1-4-36(47)54-25-27(3)55-38(49)20-19-37(48)53-22-21-28-7-15-33(16-8-28)56-41(50)30-11-13-31(14-12-30)43(52)58-35-18-17-34(57-42(51)29-9-5-26(2)6-10-29)39-40(35)60-44(59-39)32(23-45)24-46/h4,7-8,15-18,26-27,29-31H,1,5-6,9-14,19-22,25H2,2-3H3/t26-,27?,29-,30-,31-. The van der Waals surface area contributed by atoms with Crippen molar-refractivity contribution in [2.75, 3.05) is 13.2 Å². The third-order valence-corrected chi connectivity index (χ3v) is 12.9. The molecular formula is C44H46N2O12S2.